The minimum absolute atomic E-state index is 0.279. The summed E-state index contributed by atoms with van der Waals surface area (Å²) in [6.07, 6.45) is 9.38. The summed E-state index contributed by atoms with van der Waals surface area (Å²) in [6.45, 7) is 2.29. The van der Waals surface area contributed by atoms with Crippen molar-refractivity contribution in [2.75, 3.05) is 18.4 Å². The Morgan fingerprint density at radius 2 is 1.86 bits per heavy atom. The van der Waals surface area contributed by atoms with Crippen LogP contribution in [0.2, 0.25) is 0 Å². The topological polar surface area (TPSA) is 62.5 Å². The number of hydrogen-bond donors (Lipinski definition) is 1. The van der Waals surface area contributed by atoms with Gasteiger partial charge in [-0.2, -0.15) is 5.10 Å². The van der Waals surface area contributed by atoms with Crippen molar-refractivity contribution in [3.8, 4) is 0 Å². The monoisotopic (exact) mass is 529 g/mol. The van der Waals surface area contributed by atoms with Crippen molar-refractivity contribution < 1.29 is 4.79 Å². The fourth-order valence-electron chi connectivity index (χ4n) is 5.36. The van der Waals surface area contributed by atoms with E-state index in [1.165, 1.54) is 11.1 Å². The van der Waals surface area contributed by atoms with Crippen LogP contribution in [0.25, 0.3) is 5.52 Å². The van der Waals surface area contributed by atoms with Crippen LogP contribution in [-0.2, 0) is 16.8 Å². The molecule has 0 radical (unpaired) electrons. The van der Waals surface area contributed by atoms with E-state index in [0.717, 1.165) is 60.1 Å². The molecule has 4 heterocycles. The van der Waals surface area contributed by atoms with E-state index in [9.17, 15) is 4.79 Å². The highest BCUT2D eigenvalue weighted by Gasteiger charge is 2.53. The zero-order chi connectivity index (χ0) is 23.8. The van der Waals surface area contributed by atoms with Gasteiger partial charge in [-0.15, -0.1) is 0 Å². The van der Waals surface area contributed by atoms with Crippen molar-refractivity contribution in [2.24, 2.45) is 0 Å². The summed E-state index contributed by atoms with van der Waals surface area (Å²) in [6, 6.07) is 18.8. The molecule has 1 saturated carbocycles. The maximum atomic E-state index is 13.5. The molecule has 4 aromatic rings. The molecular formula is C28H28BrN5O. The van der Waals surface area contributed by atoms with Crippen LogP contribution in [0, 0.1) is 0 Å². The van der Waals surface area contributed by atoms with E-state index in [4.69, 9.17) is 0 Å². The van der Waals surface area contributed by atoms with E-state index in [1.807, 2.05) is 41.2 Å². The molecule has 178 valence electrons. The number of pyridine rings is 2. The lowest BCUT2D eigenvalue weighted by molar-refractivity contribution is -0.135. The SMILES string of the molecule is O=C(N1CCC(c2cc(NCc3cccnc3)n3ncc(Br)c3c2)CC1)C1(c2ccccc2)CC1. The van der Waals surface area contributed by atoms with Gasteiger partial charge in [0.25, 0.3) is 0 Å². The number of halogens is 1. The third-order valence-corrected chi connectivity index (χ3v) is 8.14. The van der Waals surface area contributed by atoms with Gasteiger partial charge in [-0.25, -0.2) is 4.52 Å². The Bertz CT molecular complexity index is 1340. The number of anilines is 1. The van der Waals surface area contributed by atoms with Gasteiger partial charge in [0.2, 0.25) is 5.91 Å². The smallest absolute Gasteiger partial charge is 0.233 e. The number of nitrogens with one attached hydrogen (secondary N) is 1. The minimum Gasteiger partial charge on any atom is -0.366 e. The molecular weight excluding hydrogens is 502 g/mol. The quantitative estimate of drug-likeness (QED) is 0.356. The van der Waals surface area contributed by atoms with Gasteiger partial charge in [-0.1, -0.05) is 36.4 Å². The first kappa shape index (κ1) is 22.3. The Hall–Kier alpha value is -3.19. The number of piperidine rings is 1. The highest BCUT2D eigenvalue weighted by Crippen LogP contribution is 2.50. The van der Waals surface area contributed by atoms with Crippen LogP contribution in [0.1, 0.15) is 48.3 Å². The summed E-state index contributed by atoms with van der Waals surface area (Å²) >= 11 is 3.66. The molecule has 1 aromatic carbocycles. The molecule has 0 bridgehead atoms. The number of amides is 1. The Kier molecular flexibility index (Phi) is 5.80. The van der Waals surface area contributed by atoms with E-state index >= 15 is 0 Å². The maximum Gasteiger partial charge on any atom is 0.233 e. The van der Waals surface area contributed by atoms with Crippen LogP contribution in [0.5, 0.6) is 0 Å². The molecule has 1 N–H and O–H groups in total. The van der Waals surface area contributed by atoms with Gasteiger partial charge < -0.3 is 10.2 Å². The van der Waals surface area contributed by atoms with E-state index in [0.29, 0.717) is 18.4 Å². The average Bonchev–Trinajstić information content (AvgIpc) is 3.65. The van der Waals surface area contributed by atoms with Crippen LogP contribution in [-0.4, -0.2) is 38.5 Å². The Balaban J connectivity index is 1.19. The second kappa shape index (κ2) is 9.11. The number of carbonyl (C=O) groups excluding carboxylic acids is 1. The standard InChI is InChI=1S/C28H28BrN5O/c29-24-19-32-34-25(24)15-22(16-26(34)31-18-20-5-4-12-30-17-20)21-8-13-33(14-9-21)27(35)28(10-11-28)23-6-2-1-3-7-23/h1-7,12,15-17,19,21,31H,8-11,13-14,18H2. The first-order valence-electron chi connectivity index (χ1n) is 12.3. The summed E-state index contributed by atoms with van der Waals surface area (Å²) < 4.78 is 2.93. The van der Waals surface area contributed by atoms with Crippen LogP contribution >= 0.6 is 15.9 Å². The molecule has 6 rings (SSSR count). The number of hydrogen-bond acceptors (Lipinski definition) is 4. The number of carbonyl (C=O) groups is 1. The van der Waals surface area contributed by atoms with Crippen LogP contribution in [0.4, 0.5) is 5.82 Å². The normalized spacial score (nSPS) is 17.5. The molecule has 2 fully saturated rings. The lowest BCUT2D eigenvalue weighted by Crippen LogP contribution is -2.43. The molecule has 6 nitrogen and oxygen atoms in total. The van der Waals surface area contributed by atoms with E-state index in [2.05, 4.69) is 66.6 Å². The van der Waals surface area contributed by atoms with Crippen LogP contribution in [0.15, 0.2) is 77.7 Å². The average molecular weight is 530 g/mol. The molecule has 0 unspecified atom stereocenters. The van der Waals surface area contributed by atoms with Crippen molar-refractivity contribution in [2.45, 2.75) is 43.6 Å². The zero-order valence-electron chi connectivity index (χ0n) is 19.5. The Labute approximate surface area is 213 Å². The van der Waals surface area contributed by atoms with Crippen molar-refractivity contribution in [3.05, 3.63) is 94.4 Å². The number of likely N-dealkylation sites (tertiary alicyclic amines) is 1. The van der Waals surface area contributed by atoms with Gasteiger partial charge in [0, 0.05) is 32.0 Å². The summed E-state index contributed by atoms with van der Waals surface area (Å²) in [5.41, 5.74) is 4.36. The Morgan fingerprint density at radius 1 is 1.06 bits per heavy atom. The summed E-state index contributed by atoms with van der Waals surface area (Å²) in [4.78, 5) is 19.8. The fraction of sp³-hybridized carbons (Fsp3) is 0.321. The van der Waals surface area contributed by atoms with Crippen LogP contribution < -0.4 is 5.32 Å². The summed E-state index contributed by atoms with van der Waals surface area (Å²) in [5.74, 6) is 1.69. The summed E-state index contributed by atoms with van der Waals surface area (Å²) in [5, 5.41) is 8.10. The molecule has 1 aliphatic heterocycles. The molecule has 35 heavy (non-hydrogen) atoms. The third kappa shape index (κ3) is 4.22. The van der Waals surface area contributed by atoms with Crippen molar-refractivity contribution in [1.29, 1.82) is 0 Å². The van der Waals surface area contributed by atoms with E-state index in [-0.39, 0.29) is 5.41 Å². The molecule has 2 aliphatic rings. The van der Waals surface area contributed by atoms with Gasteiger partial charge in [-0.05, 0) is 82.4 Å². The second-order valence-electron chi connectivity index (χ2n) is 9.69. The predicted molar refractivity (Wildman–Crippen MR) is 140 cm³/mol. The lowest BCUT2D eigenvalue weighted by atomic mass is 9.87. The Morgan fingerprint density at radius 3 is 2.57 bits per heavy atom. The van der Waals surface area contributed by atoms with Gasteiger partial charge in [-0.3, -0.25) is 9.78 Å². The number of rotatable bonds is 6. The van der Waals surface area contributed by atoms with Gasteiger partial charge in [0.05, 0.1) is 21.6 Å². The molecule has 7 heteroatoms. The maximum absolute atomic E-state index is 13.5. The van der Waals surface area contributed by atoms with Crippen LogP contribution in [0.3, 0.4) is 0 Å². The van der Waals surface area contributed by atoms with Crippen molar-refractivity contribution in [1.82, 2.24) is 19.5 Å². The number of aromatic nitrogens is 3. The van der Waals surface area contributed by atoms with E-state index in [1.54, 1.807) is 6.20 Å². The molecule has 3 aromatic heterocycles. The third-order valence-electron chi connectivity index (χ3n) is 7.53. The molecule has 1 saturated heterocycles. The van der Waals surface area contributed by atoms with Crippen molar-refractivity contribution in [3.63, 3.8) is 0 Å². The van der Waals surface area contributed by atoms with E-state index < -0.39 is 0 Å². The zero-order valence-corrected chi connectivity index (χ0v) is 21.1. The lowest BCUT2D eigenvalue weighted by Gasteiger charge is -2.35. The molecule has 1 amide bonds. The first-order chi connectivity index (χ1) is 17.1. The number of nitrogens with zero attached hydrogens (tertiary/aromatic N) is 4. The van der Waals surface area contributed by atoms with Gasteiger partial charge >= 0.3 is 0 Å². The number of fused-ring (bicyclic) bond motifs is 1. The van der Waals surface area contributed by atoms with Gasteiger partial charge in [0.15, 0.2) is 0 Å². The fourth-order valence-corrected chi connectivity index (χ4v) is 5.74. The minimum atomic E-state index is -0.279. The predicted octanol–water partition coefficient (Wildman–Crippen LogP) is 5.54. The highest BCUT2D eigenvalue weighted by atomic mass is 79.9. The summed E-state index contributed by atoms with van der Waals surface area (Å²) in [7, 11) is 0. The van der Waals surface area contributed by atoms with Crippen molar-refractivity contribution >= 4 is 33.2 Å². The second-order valence-corrected chi connectivity index (χ2v) is 10.5. The van der Waals surface area contributed by atoms with Gasteiger partial charge in [0.1, 0.15) is 5.82 Å². The molecule has 0 spiro atoms. The molecule has 1 aliphatic carbocycles. The highest BCUT2D eigenvalue weighted by molar-refractivity contribution is 9.10. The largest absolute Gasteiger partial charge is 0.366 e. The first-order valence-corrected chi connectivity index (χ1v) is 13.1. The molecule has 0 atom stereocenters. The number of benzene rings is 1.